The number of nitrogens with one attached hydrogen (secondary N) is 1. The van der Waals surface area contributed by atoms with Gasteiger partial charge in [-0.1, -0.05) is 0 Å². The summed E-state index contributed by atoms with van der Waals surface area (Å²) in [6.45, 7) is 1.15. The molecule has 0 aromatic carbocycles. The molecule has 1 aliphatic heterocycles. The van der Waals surface area contributed by atoms with Gasteiger partial charge in [-0.2, -0.15) is 0 Å². The second-order valence-electron chi connectivity index (χ2n) is 4.13. The summed E-state index contributed by atoms with van der Waals surface area (Å²) in [6.07, 6.45) is 9.10. The molecule has 0 radical (unpaired) electrons. The van der Waals surface area contributed by atoms with Crippen LogP contribution in [0.1, 0.15) is 18.4 Å². The fraction of sp³-hybridized carbons (Fsp3) is 0.417. The minimum absolute atomic E-state index is 0.624. The Balaban J connectivity index is 1.90. The van der Waals surface area contributed by atoms with Gasteiger partial charge in [-0.15, -0.1) is 0 Å². The first-order chi connectivity index (χ1) is 7.43. The van der Waals surface area contributed by atoms with Crippen LogP contribution in [0.25, 0.3) is 11.0 Å². The first-order valence-corrected chi connectivity index (χ1v) is 5.47. The minimum Gasteiger partial charge on any atom is -0.462 e. The maximum absolute atomic E-state index is 5.47. The summed E-state index contributed by atoms with van der Waals surface area (Å²) in [5, 5.41) is 4.71. The number of rotatable bonds is 2. The number of fused-ring (bicyclic) bond motifs is 1. The Hall–Kier alpha value is -1.35. The molecule has 1 N–H and O–H groups in total. The third-order valence-corrected chi connectivity index (χ3v) is 3.09. The summed E-state index contributed by atoms with van der Waals surface area (Å²) in [5.41, 5.74) is 2.19. The first-order valence-electron chi connectivity index (χ1n) is 5.47. The van der Waals surface area contributed by atoms with Gasteiger partial charge in [-0.05, 0) is 37.4 Å². The Bertz CT molecular complexity index is 457. The highest BCUT2D eigenvalue weighted by atomic mass is 16.3. The van der Waals surface area contributed by atoms with Gasteiger partial charge in [0.05, 0.1) is 12.5 Å². The lowest BCUT2D eigenvalue weighted by Gasteiger charge is -2.07. The van der Waals surface area contributed by atoms with Crippen molar-refractivity contribution in [3.63, 3.8) is 0 Å². The van der Waals surface area contributed by atoms with Crippen LogP contribution in [0, 0.1) is 0 Å². The van der Waals surface area contributed by atoms with Crippen molar-refractivity contribution in [2.45, 2.75) is 25.3 Å². The number of pyridine rings is 1. The number of nitrogens with zero attached hydrogens (tertiary/aromatic N) is 1. The molecule has 0 saturated carbocycles. The molecule has 1 fully saturated rings. The van der Waals surface area contributed by atoms with Crippen molar-refractivity contribution in [3.8, 4) is 0 Å². The predicted octanol–water partition coefficient (Wildman–Crippen LogP) is 2.12. The topological polar surface area (TPSA) is 38.1 Å². The van der Waals surface area contributed by atoms with Gasteiger partial charge >= 0.3 is 0 Å². The zero-order valence-corrected chi connectivity index (χ0v) is 8.57. The van der Waals surface area contributed by atoms with E-state index in [-0.39, 0.29) is 0 Å². The molecule has 0 bridgehead atoms. The summed E-state index contributed by atoms with van der Waals surface area (Å²) in [4.78, 5) is 4.05. The van der Waals surface area contributed by atoms with Gasteiger partial charge < -0.3 is 9.73 Å². The van der Waals surface area contributed by atoms with Crippen LogP contribution in [-0.4, -0.2) is 17.6 Å². The smallest absolute Gasteiger partial charge is 0.152 e. The van der Waals surface area contributed by atoms with Crippen LogP contribution < -0.4 is 5.32 Å². The Kier molecular flexibility index (Phi) is 2.18. The van der Waals surface area contributed by atoms with Crippen LogP contribution in [0.3, 0.4) is 0 Å². The van der Waals surface area contributed by atoms with Crippen LogP contribution in [0.2, 0.25) is 0 Å². The van der Waals surface area contributed by atoms with Crippen LogP contribution in [-0.2, 0) is 6.42 Å². The molecular formula is C12H14N2O. The van der Waals surface area contributed by atoms with Gasteiger partial charge in [0.2, 0.25) is 0 Å². The van der Waals surface area contributed by atoms with Gasteiger partial charge in [0, 0.05) is 17.6 Å². The lowest BCUT2D eigenvalue weighted by Crippen LogP contribution is -2.23. The molecule has 3 heteroatoms. The monoisotopic (exact) mass is 202 g/mol. The van der Waals surface area contributed by atoms with Gasteiger partial charge in [-0.25, -0.2) is 0 Å². The molecule has 0 aliphatic carbocycles. The number of hydrogen-bond acceptors (Lipinski definition) is 3. The molecule has 3 heterocycles. The Morgan fingerprint density at radius 2 is 2.53 bits per heavy atom. The Labute approximate surface area is 88.5 Å². The average molecular weight is 202 g/mol. The lowest BCUT2D eigenvalue weighted by molar-refractivity contribution is 0.580. The van der Waals surface area contributed by atoms with E-state index in [4.69, 9.17) is 4.42 Å². The van der Waals surface area contributed by atoms with E-state index in [0.717, 1.165) is 18.5 Å². The second-order valence-corrected chi connectivity index (χ2v) is 4.13. The highest BCUT2D eigenvalue weighted by Crippen LogP contribution is 2.22. The first kappa shape index (κ1) is 8.92. The van der Waals surface area contributed by atoms with E-state index < -0.39 is 0 Å². The third-order valence-electron chi connectivity index (χ3n) is 3.09. The van der Waals surface area contributed by atoms with Crippen molar-refractivity contribution >= 4 is 11.0 Å². The molecule has 1 saturated heterocycles. The van der Waals surface area contributed by atoms with Crippen LogP contribution >= 0.6 is 0 Å². The van der Waals surface area contributed by atoms with E-state index in [2.05, 4.69) is 10.3 Å². The van der Waals surface area contributed by atoms with Crippen molar-refractivity contribution in [1.29, 1.82) is 0 Å². The third kappa shape index (κ3) is 1.63. The molecule has 15 heavy (non-hydrogen) atoms. The summed E-state index contributed by atoms with van der Waals surface area (Å²) < 4.78 is 5.47. The van der Waals surface area contributed by atoms with Crippen molar-refractivity contribution < 1.29 is 4.42 Å². The van der Waals surface area contributed by atoms with E-state index in [0.29, 0.717) is 6.04 Å². The molecule has 2 aromatic heterocycles. The van der Waals surface area contributed by atoms with Gasteiger partial charge in [0.15, 0.2) is 5.58 Å². The molecule has 0 amide bonds. The second kappa shape index (κ2) is 3.66. The average Bonchev–Trinajstić information content (AvgIpc) is 2.89. The molecular weight excluding hydrogens is 188 g/mol. The van der Waals surface area contributed by atoms with Crippen LogP contribution in [0.4, 0.5) is 0 Å². The number of hydrogen-bond donors (Lipinski definition) is 1. The molecule has 3 nitrogen and oxygen atoms in total. The summed E-state index contributed by atoms with van der Waals surface area (Å²) in [6, 6.07) is 2.65. The molecule has 1 unspecified atom stereocenters. The predicted molar refractivity (Wildman–Crippen MR) is 58.7 cm³/mol. The Morgan fingerprint density at radius 1 is 1.53 bits per heavy atom. The molecule has 1 aliphatic rings. The molecule has 1 atom stereocenters. The van der Waals surface area contributed by atoms with Crippen molar-refractivity contribution in [3.05, 3.63) is 30.3 Å². The van der Waals surface area contributed by atoms with Gasteiger partial charge in [0.25, 0.3) is 0 Å². The quantitative estimate of drug-likeness (QED) is 0.810. The maximum Gasteiger partial charge on any atom is 0.152 e. The molecule has 0 spiro atoms. The normalized spacial score (nSPS) is 21.2. The highest BCUT2D eigenvalue weighted by Gasteiger charge is 2.16. The SMILES string of the molecule is c1cc2c(CC3CCCN3)coc2cn1. The number of aromatic nitrogens is 1. The van der Waals surface area contributed by atoms with Crippen molar-refractivity contribution in [2.75, 3.05) is 6.54 Å². The fourth-order valence-corrected chi connectivity index (χ4v) is 2.29. The zero-order chi connectivity index (χ0) is 10.1. The van der Waals surface area contributed by atoms with Gasteiger partial charge in [-0.3, -0.25) is 4.98 Å². The summed E-state index contributed by atoms with van der Waals surface area (Å²) in [5.74, 6) is 0. The molecule has 2 aromatic rings. The van der Waals surface area contributed by atoms with Crippen molar-refractivity contribution in [2.24, 2.45) is 0 Å². The minimum atomic E-state index is 0.624. The molecule has 78 valence electrons. The van der Waals surface area contributed by atoms with Crippen LogP contribution in [0.5, 0.6) is 0 Å². The van der Waals surface area contributed by atoms with E-state index in [1.807, 2.05) is 18.5 Å². The van der Waals surface area contributed by atoms with E-state index in [1.165, 1.54) is 23.8 Å². The molecule has 3 rings (SSSR count). The van der Waals surface area contributed by atoms with E-state index in [1.54, 1.807) is 6.20 Å². The maximum atomic E-state index is 5.47. The zero-order valence-electron chi connectivity index (χ0n) is 8.57. The highest BCUT2D eigenvalue weighted by molar-refractivity contribution is 5.79. The fourth-order valence-electron chi connectivity index (χ4n) is 2.29. The summed E-state index contributed by atoms with van der Waals surface area (Å²) >= 11 is 0. The van der Waals surface area contributed by atoms with E-state index in [9.17, 15) is 0 Å². The largest absolute Gasteiger partial charge is 0.462 e. The van der Waals surface area contributed by atoms with E-state index >= 15 is 0 Å². The standard InChI is InChI=1S/C12H14N2O/c1-2-10(14-4-1)6-9-8-15-12-7-13-5-3-11(9)12/h3,5,7-8,10,14H,1-2,4,6H2. The Morgan fingerprint density at radius 3 is 3.40 bits per heavy atom. The van der Waals surface area contributed by atoms with Crippen LogP contribution in [0.15, 0.2) is 29.1 Å². The van der Waals surface area contributed by atoms with Gasteiger partial charge in [0.1, 0.15) is 0 Å². The lowest BCUT2D eigenvalue weighted by atomic mass is 10.0. The summed E-state index contributed by atoms with van der Waals surface area (Å²) in [7, 11) is 0. The number of furan rings is 1. The van der Waals surface area contributed by atoms with Crippen molar-refractivity contribution in [1.82, 2.24) is 10.3 Å².